The average molecular weight is 279 g/mol. The van der Waals surface area contributed by atoms with E-state index in [0.29, 0.717) is 13.0 Å². The SMILES string of the molecule is NC(CCC(=O)O)c1ccc(OC2CCCOC2)cc1. The van der Waals surface area contributed by atoms with Crippen LogP contribution in [0.15, 0.2) is 24.3 Å². The van der Waals surface area contributed by atoms with Crippen LogP contribution >= 0.6 is 0 Å². The third-order valence-corrected chi connectivity index (χ3v) is 3.40. The lowest BCUT2D eigenvalue weighted by Gasteiger charge is -2.23. The Morgan fingerprint density at radius 2 is 2.20 bits per heavy atom. The van der Waals surface area contributed by atoms with E-state index in [1.165, 1.54) is 0 Å². The smallest absolute Gasteiger partial charge is 0.303 e. The summed E-state index contributed by atoms with van der Waals surface area (Å²) >= 11 is 0. The predicted molar refractivity (Wildman–Crippen MR) is 74.7 cm³/mol. The van der Waals surface area contributed by atoms with Crippen molar-refractivity contribution in [1.82, 2.24) is 0 Å². The van der Waals surface area contributed by atoms with Gasteiger partial charge < -0.3 is 20.3 Å². The van der Waals surface area contributed by atoms with Crippen LogP contribution in [0.25, 0.3) is 0 Å². The monoisotopic (exact) mass is 279 g/mol. The lowest BCUT2D eigenvalue weighted by Crippen LogP contribution is -2.27. The zero-order chi connectivity index (χ0) is 14.4. The normalized spacial score (nSPS) is 20.4. The predicted octanol–water partition coefficient (Wildman–Crippen LogP) is 2.11. The lowest BCUT2D eigenvalue weighted by atomic mass is 10.0. The number of ether oxygens (including phenoxy) is 2. The Bertz CT molecular complexity index is 426. The second kappa shape index (κ2) is 7.26. The van der Waals surface area contributed by atoms with Gasteiger partial charge in [0.25, 0.3) is 0 Å². The van der Waals surface area contributed by atoms with Crippen molar-refractivity contribution in [3.8, 4) is 5.75 Å². The van der Waals surface area contributed by atoms with E-state index in [0.717, 1.165) is 30.8 Å². The van der Waals surface area contributed by atoms with Crippen LogP contribution in [0.1, 0.15) is 37.3 Å². The highest BCUT2D eigenvalue weighted by molar-refractivity contribution is 5.66. The minimum Gasteiger partial charge on any atom is -0.488 e. The molecule has 1 fully saturated rings. The van der Waals surface area contributed by atoms with Crippen molar-refractivity contribution in [3.05, 3.63) is 29.8 Å². The first-order valence-electron chi connectivity index (χ1n) is 6.97. The number of nitrogens with two attached hydrogens (primary N) is 1. The molecule has 20 heavy (non-hydrogen) atoms. The fraction of sp³-hybridized carbons (Fsp3) is 0.533. The van der Waals surface area contributed by atoms with E-state index in [4.69, 9.17) is 20.3 Å². The summed E-state index contributed by atoms with van der Waals surface area (Å²) in [7, 11) is 0. The number of aliphatic carboxylic acids is 1. The summed E-state index contributed by atoms with van der Waals surface area (Å²) < 4.78 is 11.2. The Hall–Kier alpha value is -1.59. The van der Waals surface area contributed by atoms with Gasteiger partial charge in [-0.2, -0.15) is 0 Å². The van der Waals surface area contributed by atoms with Gasteiger partial charge in [-0.15, -0.1) is 0 Å². The summed E-state index contributed by atoms with van der Waals surface area (Å²) in [5.74, 6) is -0.0209. The van der Waals surface area contributed by atoms with E-state index in [9.17, 15) is 4.79 Å². The van der Waals surface area contributed by atoms with Crippen molar-refractivity contribution in [3.63, 3.8) is 0 Å². The molecule has 0 bridgehead atoms. The van der Waals surface area contributed by atoms with Gasteiger partial charge in [-0.05, 0) is 37.0 Å². The number of carbonyl (C=O) groups is 1. The third kappa shape index (κ3) is 4.51. The van der Waals surface area contributed by atoms with Crippen molar-refractivity contribution in [2.24, 2.45) is 5.73 Å². The first-order chi connectivity index (χ1) is 9.65. The van der Waals surface area contributed by atoms with Crippen LogP contribution in [0.4, 0.5) is 0 Å². The molecule has 5 heteroatoms. The second-order valence-corrected chi connectivity index (χ2v) is 5.06. The maximum atomic E-state index is 10.5. The fourth-order valence-electron chi connectivity index (χ4n) is 2.24. The van der Waals surface area contributed by atoms with Gasteiger partial charge in [0, 0.05) is 19.1 Å². The molecule has 0 aromatic heterocycles. The van der Waals surface area contributed by atoms with Gasteiger partial charge in [-0.25, -0.2) is 0 Å². The molecular weight excluding hydrogens is 258 g/mol. The highest BCUT2D eigenvalue weighted by Crippen LogP contribution is 2.21. The minimum absolute atomic E-state index is 0.0822. The molecule has 1 aromatic rings. The summed E-state index contributed by atoms with van der Waals surface area (Å²) in [6.07, 6.45) is 2.68. The Labute approximate surface area is 118 Å². The molecule has 110 valence electrons. The van der Waals surface area contributed by atoms with Gasteiger partial charge in [0.1, 0.15) is 11.9 Å². The molecule has 0 radical (unpaired) electrons. The quantitative estimate of drug-likeness (QED) is 0.833. The molecule has 3 N–H and O–H groups in total. The van der Waals surface area contributed by atoms with Gasteiger partial charge in [-0.1, -0.05) is 12.1 Å². The van der Waals surface area contributed by atoms with Crippen LogP contribution in [-0.2, 0) is 9.53 Å². The third-order valence-electron chi connectivity index (χ3n) is 3.40. The number of rotatable bonds is 6. The van der Waals surface area contributed by atoms with Crippen LogP contribution in [0, 0.1) is 0 Å². The Kier molecular flexibility index (Phi) is 5.38. The van der Waals surface area contributed by atoms with Crippen molar-refractivity contribution in [1.29, 1.82) is 0 Å². The van der Waals surface area contributed by atoms with Crippen LogP contribution in [0.2, 0.25) is 0 Å². The molecule has 5 nitrogen and oxygen atoms in total. The molecule has 2 rings (SSSR count). The number of hydrogen-bond donors (Lipinski definition) is 2. The molecular formula is C15H21NO4. The van der Waals surface area contributed by atoms with Crippen molar-refractivity contribution in [2.75, 3.05) is 13.2 Å². The summed E-state index contributed by atoms with van der Waals surface area (Å²) in [5, 5.41) is 8.65. The molecule has 1 aliphatic heterocycles. The van der Waals surface area contributed by atoms with E-state index in [-0.39, 0.29) is 18.6 Å². The molecule has 2 atom stereocenters. The topological polar surface area (TPSA) is 81.8 Å². The van der Waals surface area contributed by atoms with E-state index < -0.39 is 5.97 Å². The first kappa shape index (κ1) is 14.8. The molecule has 0 spiro atoms. The van der Waals surface area contributed by atoms with Crippen molar-refractivity contribution in [2.45, 2.75) is 37.8 Å². The van der Waals surface area contributed by atoms with E-state index in [1.54, 1.807) is 0 Å². The summed E-state index contributed by atoms with van der Waals surface area (Å²) in [6, 6.07) is 7.30. The summed E-state index contributed by atoms with van der Waals surface area (Å²) in [4.78, 5) is 10.5. The van der Waals surface area contributed by atoms with Gasteiger partial charge in [0.2, 0.25) is 0 Å². The Balaban J connectivity index is 1.86. The highest BCUT2D eigenvalue weighted by atomic mass is 16.5. The van der Waals surface area contributed by atoms with Gasteiger partial charge in [0.05, 0.1) is 6.61 Å². The van der Waals surface area contributed by atoms with Gasteiger partial charge >= 0.3 is 5.97 Å². The lowest BCUT2D eigenvalue weighted by molar-refractivity contribution is -0.137. The molecule has 0 amide bonds. The maximum Gasteiger partial charge on any atom is 0.303 e. The second-order valence-electron chi connectivity index (χ2n) is 5.06. The zero-order valence-corrected chi connectivity index (χ0v) is 11.5. The largest absolute Gasteiger partial charge is 0.488 e. The minimum atomic E-state index is -0.822. The molecule has 0 saturated carbocycles. The zero-order valence-electron chi connectivity index (χ0n) is 11.5. The Morgan fingerprint density at radius 3 is 2.80 bits per heavy atom. The van der Waals surface area contributed by atoms with Crippen LogP contribution < -0.4 is 10.5 Å². The number of carboxylic acid groups (broad SMARTS) is 1. The summed E-state index contributed by atoms with van der Waals surface area (Å²) in [5.41, 5.74) is 6.88. The van der Waals surface area contributed by atoms with E-state index in [2.05, 4.69) is 0 Å². The number of hydrogen-bond acceptors (Lipinski definition) is 4. The van der Waals surface area contributed by atoms with Gasteiger partial charge in [-0.3, -0.25) is 4.79 Å². The van der Waals surface area contributed by atoms with Crippen LogP contribution in [0.3, 0.4) is 0 Å². The molecule has 1 heterocycles. The van der Waals surface area contributed by atoms with Crippen LogP contribution in [-0.4, -0.2) is 30.4 Å². The van der Waals surface area contributed by atoms with E-state index in [1.807, 2.05) is 24.3 Å². The first-order valence-corrected chi connectivity index (χ1v) is 6.97. The fourth-order valence-corrected chi connectivity index (χ4v) is 2.24. The molecule has 2 unspecified atom stereocenters. The molecule has 1 saturated heterocycles. The maximum absolute atomic E-state index is 10.5. The molecule has 1 aliphatic rings. The van der Waals surface area contributed by atoms with Crippen molar-refractivity contribution < 1.29 is 19.4 Å². The van der Waals surface area contributed by atoms with E-state index >= 15 is 0 Å². The number of benzene rings is 1. The Morgan fingerprint density at radius 1 is 1.45 bits per heavy atom. The number of carboxylic acids is 1. The highest BCUT2D eigenvalue weighted by Gasteiger charge is 2.15. The average Bonchev–Trinajstić information content (AvgIpc) is 2.46. The molecule has 1 aromatic carbocycles. The van der Waals surface area contributed by atoms with Crippen molar-refractivity contribution >= 4 is 5.97 Å². The molecule has 0 aliphatic carbocycles. The van der Waals surface area contributed by atoms with Gasteiger partial charge in [0.15, 0.2) is 0 Å². The summed E-state index contributed by atoms with van der Waals surface area (Å²) in [6.45, 7) is 1.46. The standard InChI is InChI=1S/C15H21NO4/c16-14(7-8-15(17)18)11-3-5-12(6-4-11)20-13-2-1-9-19-10-13/h3-6,13-14H,1-2,7-10,16H2,(H,17,18). The van der Waals surface area contributed by atoms with Crippen LogP contribution in [0.5, 0.6) is 5.75 Å².